The molecule has 1 aromatic rings. The van der Waals surface area contributed by atoms with Gasteiger partial charge in [0.1, 0.15) is 0 Å². The lowest BCUT2D eigenvalue weighted by atomic mass is 10.1. The Morgan fingerprint density at radius 2 is 2.26 bits per heavy atom. The minimum Gasteiger partial charge on any atom is -0.381 e. The molecule has 1 amide bonds. The zero-order valence-corrected chi connectivity index (χ0v) is 12.0. The van der Waals surface area contributed by atoms with Crippen molar-refractivity contribution in [1.29, 1.82) is 0 Å². The zero-order chi connectivity index (χ0) is 13.8. The van der Waals surface area contributed by atoms with Crippen LogP contribution in [0.1, 0.15) is 55.1 Å². The highest BCUT2D eigenvalue weighted by molar-refractivity contribution is 5.95. The van der Waals surface area contributed by atoms with Crippen LogP contribution in [0.15, 0.2) is 6.20 Å². The van der Waals surface area contributed by atoms with E-state index in [1.807, 2.05) is 4.90 Å². The number of carbonyl (C=O) groups is 1. The average molecular weight is 265 g/mol. The highest BCUT2D eigenvalue weighted by Gasteiger charge is 2.24. The molecule has 1 aliphatic heterocycles. The molecule has 0 aliphatic carbocycles. The zero-order valence-electron chi connectivity index (χ0n) is 12.0. The van der Waals surface area contributed by atoms with E-state index in [9.17, 15) is 4.79 Å². The number of aromatic amines is 1. The van der Waals surface area contributed by atoms with Crippen molar-refractivity contribution < 1.29 is 9.53 Å². The van der Waals surface area contributed by atoms with Crippen molar-refractivity contribution in [1.82, 2.24) is 15.1 Å². The van der Waals surface area contributed by atoms with E-state index in [4.69, 9.17) is 4.74 Å². The summed E-state index contributed by atoms with van der Waals surface area (Å²) >= 11 is 0. The van der Waals surface area contributed by atoms with Gasteiger partial charge in [0.05, 0.1) is 23.6 Å². The van der Waals surface area contributed by atoms with E-state index in [0.717, 1.165) is 38.0 Å². The molecule has 0 radical (unpaired) electrons. The second kappa shape index (κ2) is 6.19. The molecule has 1 N–H and O–H groups in total. The highest BCUT2D eigenvalue weighted by Crippen LogP contribution is 2.20. The summed E-state index contributed by atoms with van der Waals surface area (Å²) in [7, 11) is 1.75. The van der Waals surface area contributed by atoms with E-state index in [1.54, 1.807) is 13.3 Å². The van der Waals surface area contributed by atoms with Gasteiger partial charge in [-0.25, -0.2) is 0 Å². The van der Waals surface area contributed by atoms with Gasteiger partial charge in [-0.05, 0) is 25.2 Å². The first kappa shape index (κ1) is 14.1. The number of hydrogen-bond donors (Lipinski definition) is 1. The minimum atomic E-state index is 0.0919. The molecule has 5 nitrogen and oxygen atoms in total. The third-order valence-electron chi connectivity index (χ3n) is 3.77. The smallest absolute Gasteiger partial charge is 0.257 e. The number of hydrogen-bond acceptors (Lipinski definition) is 3. The Kier molecular flexibility index (Phi) is 4.58. The van der Waals surface area contributed by atoms with E-state index in [2.05, 4.69) is 24.0 Å². The van der Waals surface area contributed by atoms with Crippen molar-refractivity contribution >= 4 is 5.91 Å². The summed E-state index contributed by atoms with van der Waals surface area (Å²) in [6.45, 7) is 5.70. The third kappa shape index (κ3) is 3.15. The minimum absolute atomic E-state index is 0.0919. The topological polar surface area (TPSA) is 58.2 Å². The molecule has 19 heavy (non-hydrogen) atoms. The number of nitrogens with one attached hydrogen (secondary N) is 1. The summed E-state index contributed by atoms with van der Waals surface area (Å²) in [6, 6.07) is 0. The van der Waals surface area contributed by atoms with Crippen molar-refractivity contribution in [2.75, 3.05) is 20.2 Å². The number of rotatable bonds is 3. The van der Waals surface area contributed by atoms with Crippen LogP contribution in [0.3, 0.4) is 0 Å². The maximum Gasteiger partial charge on any atom is 0.257 e. The second-order valence-electron chi connectivity index (χ2n) is 5.43. The van der Waals surface area contributed by atoms with Crippen molar-refractivity contribution in [2.45, 2.75) is 45.1 Å². The molecule has 2 rings (SSSR count). The van der Waals surface area contributed by atoms with Gasteiger partial charge in [0.2, 0.25) is 0 Å². The fraction of sp³-hybridized carbons (Fsp3) is 0.714. The fourth-order valence-electron chi connectivity index (χ4n) is 2.58. The van der Waals surface area contributed by atoms with E-state index in [-0.39, 0.29) is 17.9 Å². The standard InChI is InChI=1S/C14H23N3O2/c1-10(2)13-12(9-15-16-13)14(18)17-7-4-5-11(19-3)6-8-17/h9-11H,4-8H2,1-3H3,(H,15,16). The number of amides is 1. The highest BCUT2D eigenvalue weighted by atomic mass is 16.5. The summed E-state index contributed by atoms with van der Waals surface area (Å²) in [6.07, 6.45) is 4.88. The molecule has 1 fully saturated rings. The van der Waals surface area contributed by atoms with E-state index < -0.39 is 0 Å². The second-order valence-corrected chi connectivity index (χ2v) is 5.43. The van der Waals surface area contributed by atoms with Crippen LogP contribution in [-0.2, 0) is 4.74 Å². The van der Waals surface area contributed by atoms with Crippen molar-refractivity contribution in [3.8, 4) is 0 Å². The van der Waals surface area contributed by atoms with Gasteiger partial charge >= 0.3 is 0 Å². The molecule has 1 unspecified atom stereocenters. The number of likely N-dealkylation sites (tertiary alicyclic amines) is 1. The molecule has 106 valence electrons. The van der Waals surface area contributed by atoms with Gasteiger partial charge in [-0.15, -0.1) is 0 Å². The number of carbonyl (C=O) groups excluding carboxylic acids is 1. The summed E-state index contributed by atoms with van der Waals surface area (Å²) in [4.78, 5) is 14.5. The lowest BCUT2D eigenvalue weighted by Gasteiger charge is -2.21. The van der Waals surface area contributed by atoms with Crippen LogP contribution < -0.4 is 0 Å². The van der Waals surface area contributed by atoms with Crippen LogP contribution in [0.4, 0.5) is 0 Å². The molecule has 1 aliphatic rings. The molecule has 5 heteroatoms. The van der Waals surface area contributed by atoms with Crippen molar-refractivity contribution in [2.24, 2.45) is 0 Å². The van der Waals surface area contributed by atoms with Gasteiger partial charge in [0, 0.05) is 20.2 Å². The number of H-pyrrole nitrogens is 1. The monoisotopic (exact) mass is 265 g/mol. The largest absolute Gasteiger partial charge is 0.381 e. The SMILES string of the molecule is COC1CCCN(C(=O)c2cn[nH]c2C(C)C)CC1. The summed E-state index contributed by atoms with van der Waals surface area (Å²) < 4.78 is 5.40. The Hall–Kier alpha value is -1.36. The molecular formula is C14H23N3O2. The van der Waals surface area contributed by atoms with Crippen molar-refractivity contribution in [3.63, 3.8) is 0 Å². The number of aromatic nitrogens is 2. The predicted molar refractivity (Wildman–Crippen MR) is 73.2 cm³/mol. The molecule has 0 spiro atoms. The first-order valence-electron chi connectivity index (χ1n) is 6.98. The van der Waals surface area contributed by atoms with E-state index in [1.165, 1.54) is 0 Å². The van der Waals surface area contributed by atoms with Crippen molar-refractivity contribution in [3.05, 3.63) is 17.5 Å². The normalized spacial score (nSPS) is 20.6. The lowest BCUT2D eigenvalue weighted by Crippen LogP contribution is -2.32. The van der Waals surface area contributed by atoms with Crippen LogP contribution in [0.5, 0.6) is 0 Å². The average Bonchev–Trinajstić information content (AvgIpc) is 2.76. The van der Waals surface area contributed by atoms with Crippen LogP contribution in [0, 0.1) is 0 Å². The van der Waals surface area contributed by atoms with Gasteiger partial charge in [-0.2, -0.15) is 5.10 Å². The van der Waals surface area contributed by atoms with Gasteiger partial charge in [0.15, 0.2) is 0 Å². The van der Waals surface area contributed by atoms with Gasteiger partial charge in [0.25, 0.3) is 5.91 Å². The maximum absolute atomic E-state index is 12.6. The summed E-state index contributed by atoms with van der Waals surface area (Å²) in [5, 5.41) is 6.96. The van der Waals surface area contributed by atoms with Crippen LogP contribution in [0.2, 0.25) is 0 Å². The molecule has 2 heterocycles. The molecule has 0 bridgehead atoms. The van der Waals surface area contributed by atoms with Crippen LogP contribution in [-0.4, -0.2) is 47.3 Å². The summed E-state index contributed by atoms with van der Waals surface area (Å²) in [5.74, 6) is 0.370. The lowest BCUT2D eigenvalue weighted by molar-refractivity contribution is 0.0722. The number of nitrogens with zero attached hydrogens (tertiary/aromatic N) is 2. The Morgan fingerprint density at radius 3 is 2.95 bits per heavy atom. The molecule has 1 atom stereocenters. The van der Waals surface area contributed by atoms with Gasteiger partial charge in [-0.1, -0.05) is 13.8 Å². The Balaban J connectivity index is 2.09. The van der Waals surface area contributed by atoms with E-state index >= 15 is 0 Å². The fourth-order valence-corrected chi connectivity index (χ4v) is 2.58. The predicted octanol–water partition coefficient (Wildman–Crippen LogP) is 2.17. The van der Waals surface area contributed by atoms with E-state index in [0.29, 0.717) is 5.56 Å². The van der Waals surface area contributed by atoms with Crippen LogP contribution in [0.25, 0.3) is 0 Å². The molecule has 1 aromatic heterocycles. The first-order chi connectivity index (χ1) is 9.13. The molecule has 1 saturated heterocycles. The number of ether oxygens (including phenoxy) is 1. The van der Waals surface area contributed by atoms with Gasteiger partial charge < -0.3 is 9.64 Å². The Bertz CT molecular complexity index is 428. The van der Waals surface area contributed by atoms with Crippen LogP contribution >= 0.6 is 0 Å². The third-order valence-corrected chi connectivity index (χ3v) is 3.77. The quantitative estimate of drug-likeness (QED) is 0.911. The molecule has 0 saturated carbocycles. The maximum atomic E-state index is 12.6. The first-order valence-corrected chi connectivity index (χ1v) is 6.98. The Morgan fingerprint density at radius 1 is 1.47 bits per heavy atom. The number of methoxy groups -OCH3 is 1. The summed E-state index contributed by atoms with van der Waals surface area (Å²) in [5.41, 5.74) is 1.64. The molecule has 0 aromatic carbocycles. The Labute approximate surface area is 114 Å². The van der Waals surface area contributed by atoms with Gasteiger partial charge in [-0.3, -0.25) is 9.89 Å². The molecular weight excluding hydrogens is 242 g/mol.